The molecule has 0 bridgehead atoms. The van der Waals surface area contributed by atoms with E-state index in [-0.39, 0.29) is 0 Å². The van der Waals surface area contributed by atoms with Gasteiger partial charge in [-0.15, -0.1) is 11.8 Å². The molecule has 2 aromatic heterocycles. The zero-order chi connectivity index (χ0) is 24.0. The lowest BCUT2D eigenvalue weighted by Gasteiger charge is -2.04. The number of benzene rings is 3. The van der Waals surface area contributed by atoms with Crippen molar-refractivity contribution in [3.8, 4) is 23.0 Å². The topological polar surface area (TPSA) is 70.3 Å². The Morgan fingerprint density at radius 3 is 2.54 bits per heavy atom. The summed E-state index contributed by atoms with van der Waals surface area (Å²) in [6.07, 6.45) is 6.24. The smallest absolute Gasteiger partial charge is 0.149 e. The number of H-pyrrole nitrogens is 1. The van der Waals surface area contributed by atoms with Crippen LogP contribution in [0.1, 0.15) is 31.2 Å². The van der Waals surface area contributed by atoms with Crippen LogP contribution >= 0.6 is 11.8 Å². The first-order chi connectivity index (χ1) is 17.2. The van der Waals surface area contributed by atoms with Gasteiger partial charge in [0.15, 0.2) is 0 Å². The van der Waals surface area contributed by atoms with Crippen LogP contribution in [0.3, 0.4) is 0 Å². The van der Waals surface area contributed by atoms with Crippen LogP contribution in [0.4, 0.5) is 0 Å². The normalized spacial score (nSPS) is 11.6. The highest BCUT2D eigenvalue weighted by Gasteiger charge is 2.14. The van der Waals surface area contributed by atoms with Gasteiger partial charge in [-0.1, -0.05) is 55.8 Å². The zero-order valence-electron chi connectivity index (χ0n) is 19.5. The van der Waals surface area contributed by atoms with Crippen LogP contribution in [0.2, 0.25) is 0 Å². The predicted octanol–water partition coefficient (Wildman–Crippen LogP) is 7.37. The van der Waals surface area contributed by atoms with Gasteiger partial charge >= 0.3 is 0 Å². The quantitative estimate of drug-likeness (QED) is 0.144. The molecule has 0 fully saturated rings. The first kappa shape index (κ1) is 22.7. The van der Waals surface area contributed by atoms with E-state index in [0.717, 1.165) is 39.3 Å². The molecule has 0 unspecified atom stereocenters. The number of nitrogens with one attached hydrogen (secondary N) is 1. The number of rotatable bonds is 8. The van der Waals surface area contributed by atoms with Crippen molar-refractivity contribution in [1.82, 2.24) is 19.7 Å². The second-order valence-corrected chi connectivity index (χ2v) is 9.38. The van der Waals surface area contributed by atoms with Crippen LogP contribution < -0.4 is 0 Å². The zero-order valence-corrected chi connectivity index (χ0v) is 20.3. The van der Waals surface area contributed by atoms with Gasteiger partial charge < -0.3 is 4.98 Å². The van der Waals surface area contributed by atoms with E-state index < -0.39 is 0 Å². The minimum Gasteiger partial charge on any atom is -0.337 e. The maximum atomic E-state index is 9.98. The molecule has 0 amide bonds. The highest BCUT2D eigenvalue weighted by molar-refractivity contribution is 7.99. The van der Waals surface area contributed by atoms with Crippen LogP contribution in [0.25, 0.3) is 39.6 Å². The maximum absolute atomic E-state index is 9.98. The van der Waals surface area contributed by atoms with E-state index in [4.69, 9.17) is 5.10 Å². The predicted molar refractivity (Wildman–Crippen MR) is 144 cm³/mol. The Morgan fingerprint density at radius 1 is 1.03 bits per heavy atom. The van der Waals surface area contributed by atoms with Crippen LogP contribution in [0.5, 0.6) is 0 Å². The van der Waals surface area contributed by atoms with Crippen molar-refractivity contribution in [2.45, 2.75) is 24.7 Å². The molecule has 0 radical (unpaired) electrons. The molecule has 0 saturated carbocycles. The Morgan fingerprint density at radius 2 is 1.80 bits per heavy atom. The van der Waals surface area contributed by atoms with Gasteiger partial charge in [-0.05, 0) is 54.6 Å². The summed E-state index contributed by atoms with van der Waals surface area (Å²) in [4.78, 5) is 9.13. The SMILES string of the molecule is CCCCSc1ccc(-c2nn(-c3ccccc3)cc2/C=C(/C#N)c2nc3ccccc3[nH]2)cc1. The summed E-state index contributed by atoms with van der Waals surface area (Å²) in [6, 6.07) is 28.6. The third-order valence-electron chi connectivity index (χ3n) is 5.72. The first-order valence-electron chi connectivity index (χ1n) is 11.7. The molecule has 35 heavy (non-hydrogen) atoms. The number of allylic oxidation sites excluding steroid dienone is 1. The summed E-state index contributed by atoms with van der Waals surface area (Å²) in [5.41, 5.74) is 5.84. The summed E-state index contributed by atoms with van der Waals surface area (Å²) in [6.45, 7) is 2.21. The van der Waals surface area contributed by atoms with E-state index in [1.54, 1.807) is 0 Å². The Labute approximate surface area is 209 Å². The Kier molecular flexibility index (Phi) is 6.78. The van der Waals surface area contributed by atoms with Crippen molar-refractivity contribution in [3.63, 3.8) is 0 Å². The van der Waals surface area contributed by atoms with Gasteiger partial charge in [-0.2, -0.15) is 10.4 Å². The lowest BCUT2D eigenvalue weighted by Crippen LogP contribution is -1.94. The number of nitrogens with zero attached hydrogens (tertiary/aromatic N) is 4. The fourth-order valence-corrected chi connectivity index (χ4v) is 4.86. The monoisotopic (exact) mass is 475 g/mol. The molecule has 6 heteroatoms. The second kappa shape index (κ2) is 10.5. The van der Waals surface area contributed by atoms with Crippen molar-refractivity contribution >= 4 is 34.4 Å². The van der Waals surface area contributed by atoms with Crippen LogP contribution in [-0.4, -0.2) is 25.5 Å². The van der Waals surface area contributed by atoms with Gasteiger partial charge in [-0.3, -0.25) is 0 Å². The molecular weight excluding hydrogens is 450 g/mol. The third kappa shape index (κ3) is 5.06. The highest BCUT2D eigenvalue weighted by Crippen LogP contribution is 2.30. The molecule has 5 rings (SSSR count). The van der Waals surface area contributed by atoms with Gasteiger partial charge in [-0.25, -0.2) is 9.67 Å². The highest BCUT2D eigenvalue weighted by atomic mass is 32.2. The number of para-hydroxylation sites is 3. The molecule has 0 aliphatic heterocycles. The number of hydrogen-bond acceptors (Lipinski definition) is 4. The molecule has 5 aromatic rings. The minimum atomic E-state index is 0.460. The van der Waals surface area contributed by atoms with Crippen LogP contribution in [0.15, 0.2) is 90.0 Å². The summed E-state index contributed by atoms with van der Waals surface area (Å²) in [5.74, 6) is 1.67. The molecule has 172 valence electrons. The average Bonchev–Trinajstić information content (AvgIpc) is 3.53. The van der Waals surface area contributed by atoms with Crippen LogP contribution in [0, 0.1) is 11.3 Å². The summed E-state index contributed by atoms with van der Waals surface area (Å²) >= 11 is 1.88. The Bertz CT molecular complexity index is 1470. The van der Waals surface area contributed by atoms with E-state index in [0.29, 0.717) is 11.4 Å². The van der Waals surface area contributed by atoms with Crippen molar-refractivity contribution in [1.29, 1.82) is 5.26 Å². The third-order valence-corrected chi connectivity index (χ3v) is 6.82. The van der Waals surface area contributed by atoms with Crippen molar-refractivity contribution < 1.29 is 0 Å². The molecule has 5 nitrogen and oxygen atoms in total. The largest absolute Gasteiger partial charge is 0.337 e. The number of hydrogen-bond donors (Lipinski definition) is 1. The van der Waals surface area contributed by atoms with Crippen molar-refractivity contribution in [3.05, 3.63) is 96.4 Å². The lowest BCUT2D eigenvalue weighted by molar-refractivity contribution is 0.884. The van der Waals surface area contributed by atoms with E-state index in [9.17, 15) is 5.26 Å². The average molecular weight is 476 g/mol. The van der Waals surface area contributed by atoms with Gasteiger partial charge in [0.1, 0.15) is 11.9 Å². The molecule has 1 N–H and O–H groups in total. The molecule has 0 spiro atoms. The van der Waals surface area contributed by atoms with Crippen LogP contribution in [-0.2, 0) is 0 Å². The molecule has 2 heterocycles. The van der Waals surface area contributed by atoms with Gasteiger partial charge in [0.2, 0.25) is 0 Å². The van der Waals surface area contributed by atoms with E-state index >= 15 is 0 Å². The van der Waals surface area contributed by atoms with Gasteiger partial charge in [0.25, 0.3) is 0 Å². The van der Waals surface area contributed by atoms with Crippen molar-refractivity contribution in [2.24, 2.45) is 0 Å². The number of imidazole rings is 1. The number of aromatic nitrogens is 4. The van der Waals surface area contributed by atoms with E-state index in [2.05, 4.69) is 47.2 Å². The molecule has 0 saturated heterocycles. The standard InChI is InChI=1S/C29H25N5S/c1-2-3-17-35-25-15-13-21(14-16-25)28-23(20-34(33-28)24-9-5-4-6-10-24)18-22(19-30)29-31-26-11-7-8-12-27(26)32-29/h4-16,18,20H,2-3,17H2,1H3,(H,31,32)/b22-18-. The molecular formula is C29H25N5S. The first-order valence-corrected chi connectivity index (χ1v) is 12.7. The summed E-state index contributed by atoms with van der Waals surface area (Å²) in [7, 11) is 0. The lowest BCUT2D eigenvalue weighted by atomic mass is 10.1. The summed E-state index contributed by atoms with van der Waals surface area (Å²) in [5, 5.41) is 14.9. The number of nitriles is 1. The number of thioether (sulfide) groups is 1. The maximum Gasteiger partial charge on any atom is 0.149 e. The molecule has 0 atom stereocenters. The number of fused-ring (bicyclic) bond motifs is 1. The summed E-state index contributed by atoms with van der Waals surface area (Å²) < 4.78 is 1.86. The van der Waals surface area contributed by atoms with E-state index in [1.165, 1.54) is 17.7 Å². The molecule has 0 aliphatic carbocycles. The number of unbranched alkanes of at least 4 members (excludes halogenated alkanes) is 1. The fraction of sp³-hybridized carbons (Fsp3) is 0.138. The number of aromatic amines is 1. The second-order valence-electron chi connectivity index (χ2n) is 8.21. The van der Waals surface area contributed by atoms with Crippen molar-refractivity contribution in [2.75, 3.05) is 5.75 Å². The van der Waals surface area contributed by atoms with Gasteiger partial charge in [0, 0.05) is 22.2 Å². The Hall–Kier alpha value is -4.08. The Balaban J connectivity index is 1.56. The minimum absolute atomic E-state index is 0.460. The fourth-order valence-electron chi connectivity index (χ4n) is 3.86. The van der Waals surface area contributed by atoms with Gasteiger partial charge in [0.05, 0.1) is 28.0 Å². The molecule has 0 aliphatic rings. The molecule has 3 aromatic carbocycles. The van der Waals surface area contributed by atoms with E-state index in [1.807, 2.05) is 83.3 Å².